The number of phenols is 1. The van der Waals surface area contributed by atoms with Gasteiger partial charge in [-0.15, -0.1) is 0 Å². The van der Waals surface area contributed by atoms with E-state index in [1.165, 1.54) is 6.07 Å². The average Bonchev–Trinajstić information content (AvgIpc) is 3.11. The van der Waals surface area contributed by atoms with Gasteiger partial charge in [0.2, 0.25) is 0 Å². The number of aryl methyl sites for hydroxylation is 1. The number of ether oxygens (including phenoxy) is 1. The fourth-order valence-electron chi connectivity index (χ4n) is 4.24. The van der Waals surface area contributed by atoms with E-state index in [1.807, 2.05) is 31.2 Å². The van der Waals surface area contributed by atoms with E-state index in [4.69, 9.17) is 4.74 Å². The third-order valence-electron chi connectivity index (χ3n) is 5.92. The molecule has 0 saturated carbocycles. The van der Waals surface area contributed by atoms with Crippen molar-refractivity contribution in [2.45, 2.75) is 31.5 Å². The number of fused-ring (bicyclic) bond motifs is 3. The van der Waals surface area contributed by atoms with Crippen LogP contribution in [0.5, 0.6) is 5.75 Å². The Labute approximate surface area is 187 Å². The van der Waals surface area contributed by atoms with Gasteiger partial charge < -0.3 is 25.4 Å². The molecule has 32 heavy (non-hydrogen) atoms. The molecule has 1 aliphatic rings. The number of benzene rings is 3. The van der Waals surface area contributed by atoms with Crippen molar-refractivity contribution in [2.24, 2.45) is 0 Å². The molecule has 6 nitrogen and oxygen atoms in total. The Morgan fingerprint density at radius 2 is 1.62 bits per heavy atom. The van der Waals surface area contributed by atoms with E-state index in [0.29, 0.717) is 0 Å². The maximum Gasteiger partial charge on any atom is 0.407 e. The minimum atomic E-state index is -1.25. The highest BCUT2D eigenvalue weighted by atomic mass is 16.5. The van der Waals surface area contributed by atoms with Crippen LogP contribution in [0, 0.1) is 6.92 Å². The molecule has 2 atom stereocenters. The van der Waals surface area contributed by atoms with E-state index in [0.717, 1.165) is 27.8 Å². The van der Waals surface area contributed by atoms with Crippen LogP contribution in [0.4, 0.5) is 4.79 Å². The molecule has 1 amide bonds. The van der Waals surface area contributed by atoms with Crippen molar-refractivity contribution in [3.05, 3.63) is 89.0 Å². The molecule has 4 N–H and O–H groups in total. The molecule has 166 valence electrons. The number of alkyl carbamates (subject to hydrolysis) is 1. The first-order valence-electron chi connectivity index (χ1n) is 10.7. The number of aliphatic hydroxyl groups is 2. The number of aliphatic hydroxyl groups excluding tert-OH is 2. The Balaban J connectivity index is 1.29. The van der Waals surface area contributed by atoms with Gasteiger partial charge in [0.25, 0.3) is 0 Å². The Hall–Kier alpha value is -3.35. The van der Waals surface area contributed by atoms with Crippen LogP contribution < -0.4 is 5.32 Å². The van der Waals surface area contributed by atoms with E-state index in [1.54, 1.807) is 12.1 Å². The summed E-state index contributed by atoms with van der Waals surface area (Å²) in [6, 6.07) is 21.1. The lowest BCUT2D eigenvalue weighted by molar-refractivity contribution is 0.0124. The molecule has 0 aliphatic heterocycles. The van der Waals surface area contributed by atoms with Gasteiger partial charge in [0, 0.05) is 18.0 Å². The molecule has 0 spiro atoms. The molecule has 0 bridgehead atoms. The van der Waals surface area contributed by atoms with Gasteiger partial charge in [0.05, 0.1) is 6.10 Å². The van der Waals surface area contributed by atoms with Crippen LogP contribution in [0.3, 0.4) is 0 Å². The molecule has 3 aromatic rings. The van der Waals surface area contributed by atoms with E-state index >= 15 is 0 Å². The first-order chi connectivity index (χ1) is 15.5. The Morgan fingerprint density at radius 3 is 2.25 bits per heavy atom. The van der Waals surface area contributed by atoms with E-state index < -0.39 is 18.3 Å². The smallest absolute Gasteiger partial charge is 0.407 e. The van der Waals surface area contributed by atoms with E-state index in [9.17, 15) is 20.1 Å². The summed E-state index contributed by atoms with van der Waals surface area (Å²) in [6.07, 6.45) is -2.86. The van der Waals surface area contributed by atoms with Gasteiger partial charge in [-0.3, -0.25) is 0 Å². The zero-order valence-corrected chi connectivity index (χ0v) is 17.9. The summed E-state index contributed by atoms with van der Waals surface area (Å²) in [5.74, 6) is -0.0916. The van der Waals surface area contributed by atoms with Crippen LogP contribution in [0.1, 0.15) is 40.7 Å². The Morgan fingerprint density at radius 1 is 1.00 bits per heavy atom. The van der Waals surface area contributed by atoms with Gasteiger partial charge in [-0.25, -0.2) is 4.79 Å². The molecule has 3 aromatic carbocycles. The highest BCUT2D eigenvalue weighted by Gasteiger charge is 2.29. The summed E-state index contributed by atoms with van der Waals surface area (Å²) in [7, 11) is 0. The lowest BCUT2D eigenvalue weighted by atomic mass is 9.98. The summed E-state index contributed by atoms with van der Waals surface area (Å²) in [6.45, 7) is 2.16. The third-order valence-corrected chi connectivity index (χ3v) is 5.92. The number of nitrogens with one attached hydrogen (secondary N) is 1. The summed E-state index contributed by atoms with van der Waals surface area (Å²) < 4.78 is 5.46. The highest BCUT2D eigenvalue weighted by Crippen LogP contribution is 2.44. The van der Waals surface area contributed by atoms with Gasteiger partial charge in [0.1, 0.15) is 18.5 Å². The number of carbonyl (C=O) groups is 1. The number of aromatic hydroxyl groups is 1. The normalized spacial score (nSPS) is 14.3. The maximum atomic E-state index is 12.2. The van der Waals surface area contributed by atoms with Crippen LogP contribution in [0.25, 0.3) is 11.1 Å². The third kappa shape index (κ3) is 4.47. The largest absolute Gasteiger partial charge is 0.508 e. The summed E-state index contributed by atoms with van der Waals surface area (Å²) in [4.78, 5) is 12.2. The van der Waals surface area contributed by atoms with Crippen molar-refractivity contribution in [1.82, 2.24) is 5.32 Å². The SMILES string of the molecule is Cc1ccc(C(O)C(O)CCNC(=O)OCC2c3ccccc3-c3ccccc32)c(O)c1. The van der Waals surface area contributed by atoms with E-state index in [2.05, 4.69) is 29.6 Å². The van der Waals surface area contributed by atoms with Crippen LogP contribution >= 0.6 is 0 Å². The molecule has 0 heterocycles. The quantitative estimate of drug-likeness (QED) is 0.451. The number of carbonyl (C=O) groups excluding carboxylic acids is 1. The number of hydrogen-bond acceptors (Lipinski definition) is 5. The van der Waals surface area contributed by atoms with Gasteiger partial charge in [-0.05, 0) is 47.2 Å². The minimum Gasteiger partial charge on any atom is -0.508 e. The molecule has 0 radical (unpaired) electrons. The van der Waals surface area contributed by atoms with Crippen molar-refractivity contribution < 1.29 is 24.9 Å². The van der Waals surface area contributed by atoms with Crippen LogP contribution in [-0.2, 0) is 4.74 Å². The molecule has 4 rings (SSSR count). The standard InChI is InChI=1S/C26H27NO5/c1-16-10-11-21(24(29)14-16)25(30)23(28)12-13-27-26(31)32-15-22-19-8-4-2-6-17(19)18-7-3-5-9-20(18)22/h2-11,14,22-23,25,28-30H,12-13,15H2,1H3,(H,27,31). The van der Waals surface area contributed by atoms with Gasteiger partial charge in [-0.2, -0.15) is 0 Å². The lowest BCUT2D eigenvalue weighted by Gasteiger charge is -2.20. The number of phenolic OH excluding ortho intramolecular Hbond substituents is 1. The molecule has 0 saturated heterocycles. The second-order valence-corrected chi connectivity index (χ2v) is 8.12. The van der Waals surface area contributed by atoms with Gasteiger partial charge in [-0.1, -0.05) is 60.7 Å². The monoisotopic (exact) mass is 433 g/mol. The topological polar surface area (TPSA) is 99.0 Å². The second-order valence-electron chi connectivity index (χ2n) is 8.12. The molecule has 0 aromatic heterocycles. The fourth-order valence-corrected chi connectivity index (χ4v) is 4.24. The van der Waals surface area contributed by atoms with Gasteiger partial charge >= 0.3 is 6.09 Å². The molecule has 0 fully saturated rings. The summed E-state index contributed by atoms with van der Waals surface area (Å²) in [5, 5.41) is 33.1. The predicted octanol–water partition coefficient (Wildman–Crippen LogP) is 4.02. The molecular formula is C26H27NO5. The fraction of sp³-hybridized carbons (Fsp3) is 0.269. The Bertz CT molecular complexity index is 1070. The second kappa shape index (κ2) is 9.42. The zero-order chi connectivity index (χ0) is 22.7. The first kappa shape index (κ1) is 21.9. The molecular weight excluding hydrogens is 406 g/mol. The van der Waals surface area contributed by atoms with Crippen molar-refractivity contribution in [2.75, 3.05) is 13.2 Å². The molecule has 6 heteroatoms. The van der Waals surface area contributed by atoms with Gasteiger partial charge in [0.15, 0.2) is 0 Å². The van der Waals surface area contributed by atoms with Crippen molar-refractivity contribution in [3.8, 4) is 16.9 Å². The highest BCUT2D eigenvalue weighted by molar-refractivity contribution is 5.79. The zero-order valence-electron chi connectivity index (χ0n) is 17.9. The Kier molecular flexibility index (Phi) is 6.44. The summed E-state index contributed by atoms with van der Waals surface area (Å²) in [5.41, 5.74) is 5.70. The van der Waals surface area contributed by atoms with Crippen molar-refractivity contribution in [1.29, 1.82) is 0 Å². The van der Waals surface area contributed by atoms with Crippen LogP contribution in [-0.4, -0.2) is 40.7 Å². The molecule has 1 aliphatic carbocycles. The van der Waals surface area contributed by atoms with Crippen LogP contribution in [0.15, 0.2) is 66.7 Å². The maximum absolute atomic E-state index is 12.2. The van der Waals surface area contributed by atoms with Crippen molar-refractivity contribution in [3.63, 3.8) is 0 Å². The first-order valence-corrected chi connectivity index (χ1v) is 10.7. The van der Waals surface area contributed by atoms with Crippen LogP contribution in [0.2, 0.25) is 0 Å². The molecule has 2 unspecified atom stereocenters. The number of amides is 1. The lowest BCUT2D eigenvalue weighted by Crippen LogP contribution is -2.30. The minimum absolute atomic E-state index is 0.0231. The van der Waals surface area contributed by atoms with Crippen molar-refractivity contribution >= 4 is 6.09 Å². The predicted molar refractivity (Wildman–Crippen MR) is 121 cm³/mol. The average molecular weight is 434 g/mol. The van der Waals surface area contributed by atoms with E-state index in [-0.39, 0.29) is 36.8 Å². The number of rotatable bonds is 7. The number of hydrogen-bond donors (Lipinski definition) is 4. The summed E-state index contributed by atoms with van der Waals surface area (Å²) >= 11 is 0.